The van der Waals surface area contributed by atoms with Crippen LogP contribution in [0.4, 0.5) is 0 Å². The third-order valence-electron chi connectivity index (χ3n) is 1.90. The fourth-order valence-electron chi connectivity index (χ4n) is 1.22. The highest BCUT2D eigenvalue weighted by molar-refractivity contribution is 5.80. The molecule has 0 N–H and O–H groups in total. The van der Waals surface area contributed by atoms with Crippen LogP contribution in [0.5, 0.6) is 0 Å². The van der Waals surface area contributed by atoms with Crippen molar-refractivity contribution < 1.29 is 0 Å². The molecule has 0 aliphatic rings. The van der Waals surface area contributed by atoms with Gasteiger partial charge in [-0.15, -0.1) is 0 Å². The minimum atomic E-state index is 0.547. The highest BCUT2D eigenvalue weighted by Gasteiger charge is 2.01. The maximum Gasteiger partial charge on any atom is 0.0997 e. The standard InChI is InChI=1S/C13H11N/c1-3-11(10-14)13(4-2)12-8-6-5-7-9-12/h3-9H,1-2H2. The Morgan fingerprint density at radius 2 is 1.79 bits per heavy atom. The SMILES string of the molecule is C=CC(C#N)=C(C=C)c1ccccc1. The van der Waals surface area contributed by atoms with Gasteiger partial charge in [0, 0.05) is 0 Å². The summed E-state index contributed by atoms with van der Waals surface area (Å²) in [5, 5.41) is 8.86. The average Bonchev–Trinajstić information content (AvgIpc) is 2.27. The summed E-state index contributed by atoms with van der Waals surface area (Å²) in [5.74, 6) is 0. The molecule has 14 heavy (non-hydrogen) atoms. The van der Waals surface area contributed by atoms with E-state index < -0.39 is 0 Å². The van der Waals surface area contributed by atoms with Gasteiger partial charge in [0.05, 0.1) is 11.6 Å². The quantitative estimate of drug-likeness (QED) is 0.518. The number of allylic oxidation sites excluding steroid dienone is 4. The highest BCUT2D eigenvalue weighted by atomic mass is 14.2. The Bertz CT molecular complexity index is 405. The predicted octanol–water partition coefficient (Wildman–Crippen LogP) is 3.34. The summed E-state index contributed by atoms with van der Waals surface area (Å²) in [6.45, 7) is 7.30. The number of benzene rings is 1. The van der Waals surface area contributed by atoms with Gasteiger partial charge in [0.1, 0.15) is 0 Å². The zero-order valence-electron chi connectivity index (χ0n) is 7.90. The molecule has 0 aromatic heterocycles. The van der Waals surface area contributed by atoms with Crippen LogP contribution in [0, 0.1) is 11.3 Å². The molecule has 1 rings (SSSR count). The van der Waals surface area contributed by atoms with E-state index in [9.17, 15) is 0 Å². The van der Waals surface area contributed by atoms with E-state index in [-0.39, 0.29) is 0 Å². The molecule has 0 unspecified atom stereocenters. The first kappa shape index (κ1) is 10.0. The van der Waals surface area contributed by atoms with Gasteiger partial charge in [-0.3, -0.25) is 0 Å². The van der Waals surface area contributed by atoms with Crippen molar-refractivity contribution in [1.29, 1.82) is 5.26 Å². The molecule has 1 aromatic rings. The van der Waals surface area contributed by atoms with Gasteiger partial charge in [0.25, 0.3) is 0 Å². The largest absolute Gasteiger partial charge is 0.192 e. The number of nitrogens with zero attached hydrogens (tertiary/aromatic N) is 1. The Balaban J connectivity index is 3.31. The topological polar surface area (TPSA) is 23.8 Å². The van der Waals surface area contributed by atoms with E-state index in [0.717, 1.165) is 11.1 Å². The Morgan fingerprint density at radius 3 is 2.21 bits per heavy atom. The maximum atomic E-state index is 8.86. The normalized spacial score (nSPS) is 11.1. The molecule has 0 saturated carbocycles. The van der Waals surface area contributed by atoms with E-state index in [4.69, 9.17) is 5.26 Å². The summed E-state index contributed by atoms with van der Waals surface area (Å²) in [4.78, 5) is 0. The Morgan fingerprint density at radius 1 is 1.14 bits per heavy atom. The Labute approximate surface area is 84.3 Å². The molecular weight excluding hydrogens is 170 g/mol. The molecule has 0 radical (unpaired) electrons. The van der Waals surface area contributed by atoms with Gasteiger partial charge in [0.15, 0.2) is 0 Å². The smallest absolute Gasteiger partial charge is 0.0997 e. The first-order chi connectivity index (χ1) is 6.83. The van der Waals surface area contributed by atoms with Crippen molar-refractivity contribution in [3.63, 3.8) is 0 Å². The van der Waals surface area contributed by atoms with Crippen LogP contribution >= 0.6 is 0 Å². The second-order valence-corrected chi connectivity index (χ2v) is 2.71. The average molecular weight is 181 g/mol. The zero-order chi connectivity index (χ0) is 10.4. The van der Waals surface area contributed by atoms with Crippen LogP contribution in [0.25, 0.3) is 5.57 Å². The fourth-order valence-corrected chi connectivity index (χ4v) is 1.22. The van der Waals surface area contributed by atoms with Crippen molar-refractivity contribution in [3.8, 4) is 6.07 Å². The van der Waals surface area contributed by atoms with E-state index in [1.54, 1.807) is 12.2 Å². The van der Waals surface area contributed by atoms with Crippen LogP contribution in [0.15, 0.2) is 61.2 Å². The molecule has 0 bridgehead atoms. The summed E-state index contributed by atoms with van der Waals surface area (Å²) in [7, 11) is 0. The molecule has 1 nitrogen and oxygen atoms in total. The lowest BCUT2D eigenvalue weighted by Gasteiger charge is -2.02. The molecular formula is C13H11N. The first-order valence-corrected chi connectivity index (χ1v) is 4.28. The molecule has 0 fully saturated rings. The monoisotopic (exact) mass is 181 g/mol. The van der Waals surface area contributed by atoms with Crippen molar-refractivity contribution in [2.24, 2.45) is 0 Å². The van der Waals surface area contributed by atoms with E-state index in [1.807, 2.05) is 30.3 Å². The second kappa shape index (κ2) is 4.84. The fraction of sp³-hybridized carbons (Fsp3) is 0. The van der Waals surface area contributed by atoms with E-state index >= 15 is 0 Å². The van der Waals surface area contributed by atoms with Gasteiger partial charge in [-0.05, 0) is 11.1 Å². The number of nitriles is 1. The minimum Gasteiger partial charge on any atom is -0.192 e. The summed E-state index contributed by atoms with van der Waals surface area (Å²) < 4.78 is 0. The summed E-state index contributed by atoms with van der Waals surface area (Å²) in [6, 6.07) is 11.8. The van der Waals surface area contributed by atoms with Gasteiger partial charge in [-0.1, -0.05) is 55.6 Å². The van der Waals surface area contributed by atoms with Gasteiger partial charge < -0.3 is 0 Å². The van der Waals surface area contributed by atoms with Crippen molar-refractivity contribution in [3.05, 3.63) is 66.8 Å². The molecule has 1 aromatic carbocycles. The maximum absolute atomic E-state index is 8.86. The van der Waals surface area contributed by atoms with Gasteiger partial charge >= 0.3 is 0 Å². The predicted molar refractivity (Wildman–Crippen MR) is 59.4 cm³/mol. The van der Waals surface area contributed by atoms with Crippen LogP contribution in [0.3, 0.4) is 0 Å². The molecule has 0 amide bonds. The zero-order valence-corrected chi connectivity index (χ0v) is 7.90. The van der Waals surface area contributed by atoms with E-state index in [0.29, 0.717) is 5.57 Å². The molecule has 0 saturated heterocycles. The van der Waals surface area contributed by atoms with E-state index in [2.05, 4.69) is 19.2 Å². The molecule has 0 heterocycles. The van der Waals surface area contributed by atoms with Crippen LogP contribution in [0.2, 0.25) is 0 Å². The van der Waals surface area contributed by atoms with Crippen molar-refractivity contribution >= 4 is 5.57 Å². The van der Waals surface area contributed by atoms with Gasteiger partial charge in [0.2, 0.25) is 0 Å². The Hall–Kier alpha value is -2.07. The lowest BCUT2D eigenvalue weighted by Crippen LogP contribution is -1.84. The summed E-state index contributed by atoms with van der Waals surface area (Å²) in [6.07, 6.45) is 3.22. The Kier molecular flexibility index (Phi) is 3.46. The third kappa shape index (κ3) is 1.99. The van der Waals surface area contributed by atoms with Crippen LogP contribution in [-0.4, -0.2) is 0 Å². The molecule has 1 heteroatoms. The van der Waals surface area contributed by atoms with E-state index in [1.165, 1.54) is 0 Å². The second-order valence-electron chi connectivity index (χ2n) is 2.71. The molecule has 0 spiro atoms. The number of hydrogen-bond donors (Lipinski definition) is 0. The highest BCUT2D eigenvalue weighted by Crippen LogP contribution is 2.19. The van der Waals surface area contributed by atoms with Crippen molar-refractivity contribution in [2.45, 2.75) is 0 Å². The molecule has 0 aliphatic carbocycles. The summed E-state index contributed by atoms with van der Waals surface area (Å²) >= 11 is 0. The van der Waals surface area contributed by atoms with Crippen LogP contribution < -0.4 is 0 Å². The minimum absolute atomic E-state index is 0.547. The van der Waals surface area contributed by atoms with Gasteiger partial charge in [-0.2, -0.15) is 5.26 Å². The van der Waals surface area contributed by atoms with Gasteiger partial charge in [-0.25, -0.2) is 0 Å². The summed E-state index contributed by atoms with van der Waals surface area (Å²) in [5.41, 5.74) is 2.35. The molecule has 68 valence electrons. The lowest BCUT2D eigenvalue weighted by molar-refractivity contribution is 1.49. The molecule has 0 aliphatic heterocycles. The third-order valence-corrected chi connectivity index (χ3v) is 1.90. The first-order valence-electron chi connectivity index (χ1n) is 4.28. The van der Waals surface area contributed by atoms with Crippen LogP contribution in [0.1, 0.15) is 5.56 Å². The number of hydrogen-bond acceptors (Lipinski definition) is 1. The van der Waals surface area contributed by atoms with Crippen LogP contribution in [-0.2, 0) is 0 Å². The lowest BCUT2D eigenvalue weighted by atomic mass is 10.0. The van der Waals surface area contributed by atoms with Crippen molar-refractivity contribution in [2.75, 3.05) is 0 Å². The van der Waals surface area contributed by atoms with Crippen molar-refractivity contribution in [1.82, 2.24) is 0 Å². The number of rotatable bonds is 3. The molecule has 0 atom stereocenters.